The Kier molecular flexibility index (Phi) is 10.4. The van der Waals surface area contributed by atoms with Gasteiger partial charge in [0.15, 0.2) is 23.3 Å². The first-order valence-corrected chi connectivity index (χ1v) is 11.1. The molecule has 1 rings (SSSR count). The van der Waals surface area contributed by atoms with E-state index in [2.05, 4.69) is 0 Å². The highest BCUT2D eigenvalue weighted by Crippen LogP contribution is 2.25. The van der Waals surface area contributed by atoms with Crippen LogP contribution in [-0.2, 0) is 19.7 Å². The van der Waals surface area contributed by atoms with E-state index >= 15 is 0 Å². The number of rotatable bonds is 13. The van der Waals surface area contributed by atoms with E-state index in [0.717, 1.165) is 19.3 Å². The molecule has 0 saturated heterocycles. The topological polar surface area (TPSA) is 27.7 Å². The minimum Gasteiger partial charge on any atom is -0.377 e. The molecule has 1 aromatic carbocycles. The van der Waals surface area contributed by atoms with E-state index in [1.165, 1.54) is 0 Å². The maximum absolute atomic E-state index is 13.6. The Hall–Kier alpha value is -1.03. The first-order chi connectivity index (χ1) is 12.8. The highest BCUT2D eigenvalue weighted by atomic mass is 28.4. The molecule has 0 aromatic heterocycles. The van der Waals surface area contributed by atoms with Gasteiger partial charge < -0.3 is 13.3 Å². The van der Waals surface area contributed by atoms with E-state index in [1.807, 2.05) is 13.8 Å². The maximum Gasteiger partial charge on any atom is 0.500 e. The van der Waals surface area contributed by atoms with Crippen LogP contribution in [0.25, 0.3) is 0 Å². The monoisotopic (exact) mass is 414 g/mol. The van der Waals surface area contributed by atoms with Crippen LogP contribution >= 0.6 is 0 Å². The van der Waals surface area contributed by atoms with Crippen LogP contribution in [0.15, 0.2) is 0 Å². The van der Waals surface area contributed by atoms with Crippen LogP contribution in [0.3, 0.4) is 0 Å². The zero-order valence-corrected chi connectivity index (χ0v) is 17.0. The first-order valence-electron chi connectivity index (χ1n) is 9.16. The van der Waals surface area contributed by atoms with E-state index in [0.29, 0.717) is 32.1 Å². The second kappa shape index (κ2) is 11.7. The molecule has 0 saturated carbocycles. The zero-order chi connectivity index (χ0) is 20.4. The molecule has 156 valence electrons. The lowest BCUT2D eigenvalue weighted by atomic mass is 10.0. The predicted octanol–water partition coefficient (Wildman–Crippen LogP) is 5.53. The van der Waals surface area contributed by atoms with Crippen molar-refractivity contribution < 1.29 is 35.2 Å². The van der Waals surface area contributed by atoms with Gasteiger partial charge in [-0.1, -0.05) is 19.3 Å². The van der Waals surface area contributed by atoms with Crippen LogP contribution in [0.5, 0.6) is 0 Å². The van der Waals surface area contributed by atoms with Crippen LogP contribution in [0.4, 0.5) is 22.0 Å². The Balaban J connectivity index is 2.42. The van der Waals surface area contributed by atoms with Crippen LogP contribution in [-0.4, -0.2) is 29.1 Å². The van der Waals surface area contributed by atoms with Gasteiger partial charge in [-0.25, -0.2) is 22.0 Å². The highest BCUT2D eigenvalue weighted by molar-refractivity contribution is 6.60. The third-order valence-electron chi connectivity index (χ3n) is 4.25. The highest BCUT2D eigenvalue weighted by Gasteiger charge is 2.38. The van der Waals surface area contributed by atoms with Crippen LogP contribution < -0.4 is 0 Å². The van der Waals surface area contributed by atoms with Gasteiger partial charge in [-0.3, -0.25) is 0 Å². The fourth-order valence-electron chi connectivity index (χ4n) is 2.89. The van der Waals surface area contributed by atoms with E-state index < -0.39 is 43.5 Å². The van der Waals surface area contributed by atoms with Crippen molar-refractivity contribution in [1.29, 1.82) is 0 Å². The minimum atomic E-state index is -2.64. The molecule has 0 unspecified atom stereocenters. The summed E-state index contributed by atoms with van der Waals surface area (Å²) in [6.45, 7) is 4.75. The van der Waals surface area contributed by atoms with Crippen LogP contribution in [0.1, 0.15) is 51.5 Å². The lowest BCUT2D eigenvalue weighted by molar-refractivity contribution is 0.0859. The van der Waals surface area contributed by atoms with E-state index in [4.69, 9.17) is 13.3 Å². The molecule has 0 bridgehead atoms. The molecule has 0 atom stereocenters. The molecule has 27 heavy (non-hydrogen) atoms. The molecule has 1 aromatic rings. The van der Waals surface area contributed by atoms with Crippen molar-refractivity contribution in [3.63, 3.8) is 0 Å². The molecule has 9 heteroatoms. The largest absolute Gasteiger partial charge is 0.500 e. The van der Waals surface area contributed by atoms with Gasteiger partial charge in [-0.2, -0.15) is 0 Å². The lowest BCUT2D eigenvalue weighted by Gasteiger charge is -2.27. The van der Waals surface area contributed by atoms with Crippen molar-refractivity contribution in [2.75, 3.05) is 20.3 Å². The normalized spacial score (nSPS) is 12.0. The molecule has 0 aliphatic heterocycles. The second-order valence-electron chi connectivity index (χ2n) is 6.07. The third kappa shape index (κ3) is 6.51. The molecular formula is C18H27F5O3Si. The van der Waals surface area contributed by atoms with Gasteiger partial charge in [-0.05, 0) is 33.1 Å². The summed E-state index contributed by atoms with van der Waals surface area (Å²) >= 11 is 0. The molecular weight excluding hydrogens is 387 g/mol. The molecule has 3 nitrogen and oxygen atoms in total. The minimum absolute atomic E-state index is 0.194. The Morgan fingerprint density at radius 3 is 1.59 bits per heavy atom. The molecule has 0 amide bonds. The summed E-state index contributed by atoms with van der Waals surface area (Å²) in [5.74, 6) is -9.39. The van der Waals surface area contributed by atoms with Crippen molar-refractivity contribution in [1.82, 2.24) is 0 Å². The summed E-state index contributed by atoms with van der Waals surface area (Å²) < 4.78 is 83.3. The van der Waals surface area contributed by atoms with Crippen LogP contribution in [0.2, 0.25) is 6.04 Å². The Morgan fingerprint density at radius 2 is 1.11 bits per heavy atom. The van der Waals surface area contributed by atoms with Gasteiger partial charge >= 0.3 is 8.80 Å². The Labute approximate surface area is 158 Å². The van der Waals surface area contributed by atoms with Gasteiger partial charge in [0.05, 0.1) is 0 Å². The van der Waals surface area contributed by atoms with Crippen molar-refractivity contribution in [2.24, 2.45) is 0 Å². The molecule has 0 spiro atoms. The average Bonchev–Trinajstić information content (AvgIpc) is 2.66. The Bertz CT molecular complexity index is 566. The van der Waals surface area contributed by atoms with E-state index in [9.17, 15) is 22.0 Å². The molecule has 0 radical (unpaired) electrons. The number of unbranched alkanes of at least 4 members (excludes halogenated alkanes) is 4. The molecule has 0 heterocycles. The lowest BCUT2D eigenvalue weighted by Crippen LogP contribution is -2.44. The molecule has 0 aliphatic rings. The summed E-state index contributed by atoms with van der Waals surface area (Å²) in [6, 6.07) is 0.669. The number of benzene rings is 1. The summed E-state index contributed by atoms with van der Waals surface area (Å²) in [5, 5.41) is 0. The van der Waals surface area contributed by atoms with Crippen molar-refractivity contribution in [2.45, 2.75) is 58.4 Å². The van der Waals surface area contributed by atoms with Crippen molar-refractivity contribution >= 4 is 8.80 Å². The quantitative estimate of drug-likeness (QED) is 0.140. The van der Waals surface area contributed by atoms with Gasteiger partial charge in [-0.15, -0.1) is 0 Å². The predicted molar refractivity (Wildman–Crippen MR) is 93.8 cm³/mol. The van der Waals surface area contributed by atoms with Crippen molar-refractivity contribution in [3.8, 4) is 0 Å². The maximum atomic E-state index is 13.6. The molecule has 0 N–H and O–H groups in total. The SMILES string of the molecule is CCO[Si](CCCCCCCc1c(F)c(F)c(F)c(F)c1F)(OC)OCC. The number of hydrogen-bond acceptors (Lipinski definition) is 3. The smallest absolute Gasteiger partial charge is 0.377 e. The second-order valence-corrected chi connectivity index (χ2v) is 8.92. The van der Waals surface area contributed by atoms with Crippen LogP contribution in [0, 0.1) is 29.1 Å². The zero-order valence-electron chi connectivity index (χ0n) is 16.0. The molecule has 0 fully saturated rings. The summed E-state index contributed by atoms with van der Waals surface area (Å²) in [6.07, 6.45) is 3.16. The standard InChI is InChI=1S/C18H27F5O3Si/c1-4-25-27(24-3,26-5-2)12-10-8-6-7-9-11-13-14(19)16(21)18(23)17(22)15(13)20/h4-12H2,1-3H3. The summed E-state index contributed by atoms with van der Waals surface area (Å²) in [7, 11) is -1.07. The van der Waals surface area contributed by atoms with Gasteiger partial charge in [0.2, 0.25) is 5.82 Å². The van der Waals surface area contributed by atoms with Gasteiger partial charge in [0, 0.05) is 31.9 Å². The fourth-order valence-corrected chi connectivity index (χ4v) is 5.26. The number of halogens is 5. The van der Waals surface area contributed by atoms with Gasteiger partial charge in [0.1, 0.15) is 0 Å². The fraction of sp³-hybridized carbons (Fsp3) is 0.667. The number of hydrogen-bond donors (Lipinski definition) is 0. The average molecular weight is 414 g/mol. The van der Waals surface area contributed by atoms with Crippen molar-refractivity contribution in [3.05, 3.63) is 34.6 Å². The Morgan fingerprint density at radius 1 is 0.667 bits per heavy atom. The van der Waals surface area contributed by atoms with Gasteiger partial charge in [0.25, 0.3) is 0 Å². The van der Waals surface area contributed by atoms with E-state index in [1.54, 1.807) is 7.11 Å². The molecule has 0 aliphatic carbocycles. The summed E-state index contributed by atoms with van der Waals surface area (Å²) in [4.78, 5) is 0. The summed E-state index contributed by atoms with van der Waals surface area (Å²) in [5.41, 5.74) is -0.745. The third-order valence-corrected chi connectivity index (χ3v) is 7.29. The first kappa shape index (κ1) is 24.0. The van der Waals surface area contributed by atoms with E-state index in [-0.39, 0.29) is 6.42 Å².